The molecule has 3 aromatic heterocycles. The van der Waals surface area contributed by atoms with Crippen molar-refractivity contribution in [2.45, 2.75) is 13.8 Å². The lowest BCUT2D eigenvalue weighted by atomic mass is 10.2. The van der Waals surface area contributed by atoms with Gasteiger partial charge in [-0.3, -0.25) is 0 Å². The maximum Gasteiger partial charge on any atom is 0.163 e. The SMILES string of the molecule is Cc1onnc1-c1cccc(-c2nnoc2C)n1. The first-order valence-corrected chi connectivity index (χ1v) is 5.31. The van der Waals surface area contributed by atoms with Gasteiger partial charge in [-0.15, -0.1) is 10.2 Å². The van der Waals surface area contributed by atoms with Crippen LogP contribution in [0.3, 0.4) is 0 Å². The predicted octanol–water partition coefficient (Wildman–Crippen LogP) is 1.80. The number of hydrogen-bond donors (Lipinski definition) is 0. The molecule has 0 aliphatic rings. The summed E-state index contributed by atoms with van der Waals surface area (Å²) < 4.78 is 9.85. The van der Waals surface area contributed by atoms with Gasteiger partial charge in [0.15, 0.2) is 22.9 Å². The highest BCUT2D eigenvalue weighted by Gasteiger charge is 2.14. The standard InChI is InChI=1S/C11H9N5O2/c1-6-10(13-15-17-6)8-4-3-5-9(12-8)11-7(2)18-16-14-11/h3-5H,1-2H3. The first kappa shape index (κ1) is 10.6. The molecule has 7 heteroatoms. The minimum Gasteiger partial charge on any atom is -0.342 e. The maximum atomic E-state index is 4.93. The van der Waals surface area contributed by atoms with Crippen LogP contribution in [0.4, 0.5) is 0 Å². The zero-order valence-electron chi connectivity index (χ0n) is 9.78. The van der Waals surface area contributed by atoms with E-state index in [1.165, 1.54) is 0 Å². The van der Waals surface area contributed by atoms with E-state index in [1.54, 1.807) is 13.8 Å². The molecule has 0 atom stereocenters. The molecule has 0 unspecified atom stereocenters. The minimum atomic E-state index is 0.617. The van der Waals surface area contributed by atoms with E-state index in [0.29, 0.717) is 34.3 Å². The monoisotopic (exact) mass is 243 g/mol. The van der Waals surface area contributed by atoms with Crippen LogP contribution in [0.2, 0.25) is 0 Å². The van der Waals surface area contributed by atoms with Gasteiger partial charge in [0.1, 0.15) is 0 Å². The molecular formula is C11H9N5O2. The van der Waals surface area contributed by atoms with Gasteiger partial charge in [-0.2, -0.15) is 0 Å². The molecule has 3 aromatic rings. The highest BCUT2D eigenvalue weighted by molar-refractivity contribution is 5.62. The maximum absolute atomic E-state index is 4.93. The first-order chi connectivity index (χ1) is 8.75. The molecular weight excluding hydrogens is 234 g/mol. The Morgan fingerprint density at radius 3 is 1.72 bits per heavy atom. The molecule has 3 heterocycles. The summed E-state index contributed by atoms with van der Waals surface area (Å²) in [5.41, 5.74) is 2.58. The number of aryl methyl sites for hydroxylation is 2. The number of hydrogen-bond acceptors (Lipinski definition) is 7. The van der Waals surface area contributed by atoms with Gasteiger partial charge in [-0.05, 0) is 26.0 Å². The largest absolute Gasteiger partial charge is 0.342 e. The summed E-state index contributed by atoms with van der Waals surface area (Å²) in [5, 5.41) is 14.8. The van der Waals surface area contributed by atoms with Crippen molar-refractivity contribution in [1.29, 1.82) is 0 Å². The van der Waals surface area contributed by atoms with Crippen LogP contribution in [0.1, 0.15) is 11.5 Å². The van der Waals surface area contributed by atoms with E-state index in [1.807, 2.05) is 18.2 Å². The molecule has 0 aromatic carbocycles. The van der Waals surface area contributed by atoms with E-state index in [2.05, 4.69) is 25.7 Å². The van der Waals surface area contributed by atoms with Crippen LogP contribution in [0.15, 0.2) is 27.2 Å². The summed E-state index contributed by atoms with van der Waals surface area (Å²) in [5.74, 6) is 1.24. The van der Waals surface area contributed by atoms with Gasteiger partial charge < -0.3 is 9.05 Å². The second-order valence-electron chi connectivity index (χ2n) is 3.76. The molecule has 0 spiro atoms. The molecule has 0 saturated carbocycles. The molecule has 0 bridgehead atoms. The summed E-state index contributed by atoms with van der Waals surface area (Å²) >= 11 is 0. The predicted molar refractivity (Wildman–Crippen MR) is 60.3 cm³/mol. The summed E-state index contributed by atoms with van der Waals surface area (Å²) in [7, 11) is 0. The lowest BCUT2D eigenvalue weighted by Gasteiger charge is -1.99. The van der Waals surface area contributed by atoms with E-state index in [4.69, 9.17) is 9.05 Å². The Balaban J connectivity index is 2.11. The van der Waals surface area contributed by atoms with Gasteiger partial charge in [-0.1, -0.05) is 6.07 Å². The fourth-order valence-electron chi connectivity index (χ4n) is 1.63. The second kappa shape index (κ2) is 4.02. The zero-order chi connectivity index (χ0) is 12.5. The van der Waals surface area contributed by atoms with Crippen LogP contribution in [0, 0.1) is 13.8 Å². The highest BCUT2D eigenvalue weighted by Crippen LogP contribution is 2.23. The van der Waals surface area contributed by atoms with Gasteiger partial charge in [0.2, 0.25) is 0 Å². The minimum absolute atomic E-state index is 0.617. The summed E-state index contributed by atoms with van der Waals surface area (Å²) in [4.78, 5) is 4.45. The van der Waals surface area contributed by atoms with Crippen molar-refractivity contribution in [1.82, 2.24) is 25.7 Å². The summed E-state index contributed by atoms with van der Waals surface area (Å²) in [6.07, 6.45) is 0. The van der Waals surface area contributed by atoms with E-state index in [-0.39, 0.29) is 0 Å². The Bertz CT molecular complexity index is 633. The molecule has 0 radical (unpaired) electrons. The second-order valence-corrected chi connectivity index (χ2v) is 3.76. The van der Waals surface area contributed by atoms with Crippen molar-refractivity contribution < 1.29 is 9.05 Å². The quantitative estimate of drug-likeness (QED) is 0.677. The number of pyridine rings is 1. The highest BCUT2D eigenvalue weighted by atomic mass is 16.5. The number of rotatable bonds is 2. The van der Waals surface area contributed by atoms with E-state index in [9.17, 15) is 0 Å². The van der Waals surface area contributed by atoms with Gasteiger partial charge in [0, 0.05) is 10.5 Å². The fourth-order valence-corrected chi connectivity index (χ4v) is 1.63. The Morgan fingerprint density at radius 1 is 0.833 bits per heavy atom. The summed E-state index contributed by atoms with van der Waals surface area (Å²) in [6.45, 7) is 3.57. The number of nitrogens with zero attached hydrogens (tertiary/aromatic N) is 5. The number of aromatic nitrogens is 5. The average molecular weight is 243 g/mol. The normalized spacial score (nSPS) is 10.8. The zero-order valence-corrected chi connectivity index (χ0v) is 9.78. The van der Waals surface area contributed by atoms with Crippen LogP contribution in [0.5, 0.6) is 0 Å². The smallest absolute Gasteiger partial charge is 0.163 e. The van der Waals surface area contributed by atoms with Crippen LogP contribution in [0.25, 0.3) is 22.8 Å². The topological polar surface area (TPSA) is 90.7 Å². The molecule has 18 heavy (non-hydrogen) atoms. The third-order valence-electron chi connectivity index (χ3n) is 2.54. The molecule has 0 amide bonds. The van der Waals surface area contributed by atoms with Crippen molar-refractivity contribution >= 4 is 0 Å². The Morgan fingerprint density at radius 2 is 1.33 bits per heavy atom. The third-order valence-corrected chi connectivity index (χ3v) is 2.54. The van der Waals surface area contributed by atoms with Crippen LogP contribution in [-0.2, 0) is 0 Å². The summed E-state index contributed by atoms with van der Waals surface area (Å²) in [6, 6.07) is 5.53. The van der Waals surface area contributed by atoms with Gasteiger partial charge >= 0.3 is 0 Å². The van der Waals surface area contributed by atoms with Gasteiger partial charge in [0.05, 0.1) is 11.4 Å². The van der Waals surface area contributed by atoms with Crippen LogP contribution in [-0.4, -0.2) is 25.7 Å². The molecule has 0 aliphatic carbocycles. The Hall–Kier alpha value is -2.57. The van der Waals surface area contributed by atoms with Crippen molar-refractivity contribution in [3.63, 3.8) is 0 Å². The molecule has 0 fully saturated rings. The molecule has 90 valence electrons. The van der Waals surface area contributed by atoms with Crippen molar-refractivity contribution in [2.75, 3.05) is 0 Å². The first-order valence-electron chi connectivity index (χ1n) is 5.31. The van der Waals surface area contributed by atoms with Crippen molar-refractivity contribution in [3.05, 3.63) is 29.7 Å². The van der Waals surface area contributed by atoms with Crippen LogP contribution >= 0.6 is 0 Å². The molecule has 3 rings (SSSR count). The van der Waals surface area contributed by atoms with E-state index >= 15 is 0 Å². The van der Waals surface area contributed by atoms with E-state index in [0.717, 1.165) is 0 Å². The Labute approximate surface area is 102 Å². The third kappa shape index (κ3) is 1.65. The van der Waals surface area contributed by atoms with Crippen molar-refractivity contribution in [2.24, 2.45) is 0 Å². The van der Waals surface area contributed by atoms with Gasteiger partial charge in [-0.25, -0.2) is 4.98 Å². The average Bonchev–Trinajstić information content (AvgIpc) is 2.98. The Kier molecular flexibility index (Phi) is 2.36. The molecule has 0 aliphatic heterocycles. The van der Waals surface area contributed by atoms with Gasteiger partial charge in [0.25, 0.3) is 0 Å². The lowest BCUT2D eigenvalue weighted by molar-refractivity contribution is 0.373. The lowest BCUT2D eigenvalue weighted by Crippen LogP contribution is -1.91. The molecule has 0 N–H and O–H groups in total. The fraction of sp³-hybridized carbons (Fsp3) is 0.182. The van der Waals surface area contributed by atoms with Crippen molar-refractivity contribution in [3.8, 4) is 22.8 Å². The molecule has 7 nitrogen and oxygen atoms in total. The molecule has 0 saturated heterocycles. The van der Waals surface area contributed by atoms with Crippen LogP contribution < -0.4 is 0 Å². The van der Waals surface area contributed by atoms with E-state index < -0.39 is 0 Å².